The molecule has 0 unspecified atom stereocenters. The maximum absolute atomic E-state index is 12.3. The molecule has 2 rings (SSSR count). The number of hydrogen-bond donors (Lipinski definition) is 1. The maximum Gasteiger partial charge on any atom is 0.534 e. The van der Waals surface area contributed by atoms with Crippen molar-refractivity contribution in [2.75, 3.05) is 19.6 Å². The Hall–Kier alpha value is -1.81. The second kappa shape index (κ2) is 8.92. The van der Waals surface area contributed by atoms with Crippen molar-refractivity contribution in [1.82, 2.24) is 10.2 Å². The summed E-state index contributed by atoms with van der Waals surface area (Å²) in [5.41, 5.74) is -4.86. The Balaban J connectivity index is 1.82. The topological polar surface area (TPSA) is 75.7 Å². The summed E-state index contributed by atoms with van der Waals surface area (Å²) in [4.78, 5) is 14.3. The number of carbonyl (C=O) groups is 1. The van der Waals surface area contributed by atoms with Gasteiger partial charge in [-0.05, 0) is 63.5 Å². The normalized spacial score (nSPS) is 16.9. The van der Waals surface area contributed by atoms with E-state index in [2.05, 4.69) is 14.4 Å². The molecule has 1 aromatic rings. The van der Waals surface area contributed by atoms with Crippen molar-refractivity contribution >= 4 is 16.0 Å². The first kappa shape index (κ1) is 21.5. The highest BCUT2D eigenvalue weighted by molar-refractivity contribution is 7.88. The molecule has 27 heavy (non-hydrogen) atoms. The van der Waals surface area contributed by atoms with Crippen molar-refractivity contribution in [2.45, 2.75) is 44.2 Å². The van der Waals surface area contributed by atoms with Gasteiger partial charge in [0.1, 0.15) is 5.75 Å². The Labute approximate surface area is 156 Å². The van der Waals surface area contributed by atoms with Crippen molar-refractivity contribution in [3.05, 3.63) is 29.8 Å². The lowest BCUT2D eigenvalue weighted by atomic mass is 10.1. The number of halogens is 3. The van der Waals surface area contributed by atoms with Gasteiger partial charge in [-0.2, -0.15) is 21.6 Å². The van der Waals surface area contributed by atoms with Gasteiger partial charge in [0.05, 0.1) is 6.04 Å². The van der Waals surface area contributed by atoms with E-state index in [-0.39, 0.29) is 11.9 Å². The van der Waals surface area contributed by atoms with Crippen LogP contribution in [0.3, 0.4) is 0 Å². The van der Waals surface area contributed by atoms with Crippen molar-refractivity contribution in [1.29, 1.82) is 0 Å². The summed E-state index contributed by atoms with van der Waals surface area (Å²) in [6.45, 7) is 4.79. The van der Waals surface area contributed by atoms with Crippen LogP contribution in [0, 0.1) is 0 Å². The fourth-order valence-electron chi connectivity index (χ4n) is 2.85. The molecule has 1 aromatic carbocycles. The zero-order valence-corrected chi connectivity index (χ0v) is 15.8. The minimum absolute atomic E-state index is 0.110. The molecule has 0 spiro atoms. The summed E-state index contributed by atoms with van der Waals surface area (Å²) < 4.78 is 62.9. The van der Waals surface area contributed by atoms with E-state index in [0.29, 0.717) is 12.0 Å². The van der Waals surface area contributed by atoms with Gasteiger partial charge in [0.15, 0.2) is 0 Å². The second-order valence-corrected chi connectivity index (χ2v) is 8.03. The number of likely N-dealkylation sites (tertiary alicyclic amines) is 1. The van der Waals surface area contributed by atoms with Gasteiger partial charge in [-0.25, -0.2) is 0 Å². The first-order valence-electron chi connectivity index (χ1n) is 8.71. The molecule has 1 heterocycles. The molecule has 6 nitrogen and oxygen atoms in total. The monoisotopic (exact) mass is 408 g/mol. The molecule has 1 saturated heterocycles. The summed E-state index contributed by atoms with van der Waals surface area (Å²) in [5, 5.41) is 2.82. The first-order chi connectivity index (χ1) is 12.6. The molecule has 0 saturated carbocycles. The van der Waals surface area contributed by atoms with Crippen LogP contribution in [0.4, 0.5) is 13.2 Å². The Morgan fingerprint density at radius 1 is 1.22 bits per heavy atom. The van der Waals surface area contributed by atoms with Gasteiger partial charge in [-0.15, -0.1) is 0 Å². The van der Waals surface area contributed by atoms with Gasteiger partial charge in [-0.1, -0.05) is 12.1 Å². The van der Waals surface area contributed by atoms with E-state index in [4.69, 9.17) is 0 Å². The number of rotatable bonds is 8. The Bertz CT molecular complexity index is 730. The third kappa shape index (κ3) is 6.39. The van der Waals surface area contributed by atoms with Crippen LogP contribution in [0.1, 0.15) is 44.2 Å². The standard InChI is InChI=1S/C17H23F3N2O4S/c1-13(21-16(23)5-4-12-22-10-2-3-11-22)14-6-8-15(9-7-14)26-27(24,25)17(18,19)20/h6-9,13H,2-5,10-12H2,1H3,(H,21,23)/t13-/m1/s1. The largest absolute Gasteiger partial charge is 0.534 e. The lowest BCUT2D eigenvalue weighted by Crippen LogP contribution is -2.28. The highest BCUT2D eigenvalue weighted by Gasteiger charge is 2.48. The third-order valence-electron chi connectivity index (χ3n) is 4.32. The van der Waals surface area contributed by atoms with Gasteiger partial charge in [-0.3, -0.25) is 4.79 Å². The highest BCUT2D eigenvalue weighted by Crippen LogP contribution is 2.27. The van der Waals surface area contributed by atoms with Crippen molar-refractivity contribution in [3.63, 3.8) is 0 Å². The predicted octanol–water partition coefficient (Wildman–Crippen LogP) is 2.97. The summed E-state index contributed by atoms with van der Waals surface area (Å²) in [7, 11) is -5.69. The van der Waals surface area contributed by atoms with Crippen LogP contribution in [0.15, 0.2) is 24.3 Å². The van der Waals surface area contributed by atoms with Gasteiger partial charge < -0.3 is 14.4 Å². The van der Waals surface area contributed by atoms with Crippen LogP contribution in [0.5, 0.6) is 5.75 Å². The lowest BCUT2D eigenvalue weighted by Gasteiger charge is -2.17. The molecule has 1 atom stereocenters. The van der Waals surface area contributed by atoms with E-state index >= 15 is 0 Å². The number of benzene rings is 1. The molecule has 1 fully saturated rings. The van der Waals surface area contributed by atoms with E-state index in [1.165, 1.54) is 25.0 Å². The molecule has 1 aliphatic rings. The van der Waals surface area contributed by atoms with Gasteiger partial charge >= 0.3 is 15.6 Å². The van der Waals surface area contributed by atoms with Crippen molar-refractivity contribution in [3.8, 4) is 5.75 Å². The van der Waals surface area contributed by atoms with Crippen LogP contribution >= 0.6 is 0 Å². The lowest BCUT2D eigenvalue weighted by molar-refractivity contribution is -0.121. The second-order valence-electron chi connectivity index (χ2n) is 6.49. The average molecular weight is 408 g/mol. The van der Waals surface area contributed by atoms with E-state index in [1.54, 1.807) is 6.92 Å². The molecule has 0 aromatic heterocycles. The van der Waals surface area contributed by atoms with E-state index in [1.807, 2.05) is 0 Å². The summed E-state index contributed by atoms with van der Waals surface area (Å²) in [6.07, 6.45) is 3.56. The molecular weight excluding hydrogens is 385 g/mol. The van der Waals surface area contributed by atoms with Gasteiger partial charge in [0.2, 0.25) is 5.91 Å². The van der Waals surface area contributed by atoms with Crippen molar-refractivity contribution in [2.24, 2.45) is 0 Å². The molecule has 152 valence electrons. The van der Waals surface area contributed by atoms with Crippen LogP contribution < -0.4 is 9.50 Å². The molecule has 1 amide bonds. The summed E-state index contributed by atoms with van der Waals surface area (Å²) in [5.74, 6) is -0.554. The molecule has 10 heteroatoms. The maximum atomic E-state index is 12.3. The van der Waals surface area contributed by atoms with Crippen LogP contribution in [-0.2, 0) is 14.9 Å². The van der Waals surface area contributed by atoms with Gasteiger partial charge in [0.25, 0.3) is 0 Å². The fourth-order valence-corrected chi connectivity index (χ4v) is 3.31. The number of amides is 1. The summed E-state index contributed by atoms with van der Waals surface area (Å²) >= 11 is 0. The average Bonchev–Trinajstić information content (AvgIpc) is 3.07. The Morgan fingerprint density at radius 3 is 2.37 bits per heavy atom. The fraction of sp³-hybridized carbons (Fsp3) is 0.588. The number of alkyl halides is 3. The first-order valence-corrected chi connectivity index (χ1v) is 10.1. The van der Waals surface area contributed by atoms with Gasteiger partial charge in [0, 0.05) is 6.42 Å². The number of carbonyl (C=O) groups excluding carboxylic acids is 1. The summed E-state index contributed by atoms with van der Waals surface area (Å²) in [6, 6.07) is 4.70. The SMILES string of the molecule is C[C@@H](NC(=O)CCCN1CCCC1)c1ccc(OS(=O)(=O)C(F)(F)F)cc1. The number of hydrogen-bond acceptors (Lipinski definition) is 5. The molecular formula is C17H23F3N2O4S. The zero-order valence-electron chi connectivity index (χ0n) is 15.0. The Kier molecular flexibility index (Phi) is 7.10. The van der Waals surface area contributed by atoms with E-state index < -0.39 is 21.4 Å². The van der Waals surface area contributed by atoms with E-state index in [0.717, 1.165) is 38.2 Å². The molecule has 1 aliphatic heterocycles. The smallest absolute Gasteiger partial charge is 0.376 e. The number of nitrogens with zero attached hydrogens (tertiary/aromatic N) is 1. The molecule has 1 N–H and O–H groups in total. The number of nitrogens with one attached hydrogen (secondary N) is 1. The minimum Gasteiger partial charge on any atom is -0.376 e. The molecule has 0 bridgehead atoms. The molecule has 0 aliphatic carbocycles. The Morgan fingerprint density at radius 2 is 1.81 bits per heavy atom. The van der Waals surface area contributed by atoms with E-state index in [9.17, 15) is 26.4 Å². The zero-order chi connectivity index (χ0) is 20.1. The quantitative estimate of drug-likeness (QED) is 0.529. The van der Waals surface area contributed by atoms with Crippen LogP contribution in [0.25, 0.3) is 0 Å². The van der Waals surface area contributed by atoms with Crippen LogP contribution in [0.2, 0.25) is 0 Å². The minimum atomic E-state index is -5.69. The molecule has 0 radical (unpaired) electrons. The highest BCUT2D eigenvalue weighted by atomic mass is 32.2. The van der Waals surface area contributed by atoms with Crippen LogP contribution in [-0.4, -0.2) is 44.4 Å². The predicted molar refractivity (Wildman–Crippen MR) is 93.5 cm³/mol. The third-order valence-corrected chi connectivity index (χ3v) is 5.30. The van der Waals surface area contributed by atoms with Crippen molar-refractivity contribution < 1.29 is 30.6 Å².